The van der Waals surface area contributed by atoms with Crippen molar-refractivity contribution in [1.29, 1.82) is 0 Å². The van der Waals surface area contributed by atoms with E-state index in [0.717, 1.165) is 21.2 Å². The number of hydrogen-bond donors (Lipinski definition) is 1. The lowest BCUT2D eigenvalue weighted by molar-refractivity contribution is 1.08. The van der Waals surface area contributed by atoms with E-state index in [0.29, 0.717) is 0 Å². The van der Waals surface area contributed by atoms with Gasteiger partial charge in [-0.25, -0.2) is 0 Å². The van der Waals surface area contributed by atoms with E-state index in [-0.39, 0.29) is 0 Å². The molecule has 0 unspecified atom stereocenters. The maximum atomic E-state index is 3.62. The number of nitrogens with one attached hydrogen (secondary N) is 1. The van der Waals surface area contributed by atoms with Gasteiger partial charge >= 0.3 is 0 Å². The van der Waals surface area contributed by atoms with Gasteiger partial charge in [0, 0.05) is 15.5 Å². The normalized spacial score (nSPS) is 10.6. The molecule has 0 saturated carbocycles. The Hall–Kier alpha value is -0.800. The van der Waals surface area contributed by atoms with Crippen LogP contribution in [0.1, 0.15) is 22.3 Å². The molecule has 2 aromatic rings. The number of aryl methyl sites for hydroxylation is 3. The molecule has 1 N–H and O–H groups in total. The van der Waals surface area contributed by atoms with Crippen LogP contribution in [0.25, 0.3) is 0 Å². The molecule has 19 heavy (non-hydrogen) atoms. The summed E-state index contributed by atoms with van der Waals surface area (Å²) in [5.41, 5.74) is 6.35. The average Bonchev–Trinajstić information content (AvgIpc) is 2.31. The van der Waals surface area contributed by atoms with Crippen LogP contribution in [0.15, 0.2) is 39.3 Å². The maximum absolute atomic E-state index is 3.62. The van der Waals surface area contributed by atoms with Crippen LogP contribution in [0.5, 0.6) is 0 Å². The summed E-state index contributed by atoms with van der Waals surface area (Å²) < 4.78 is 2.18. The minimum absolute atomic E-state index is 0.832. The Morgan fingerprint density at radius 2 is 1.47 bits per heavy atom. The lowest BCUT2D eigenvalue weighted by Crippen LogP contribution is -2.04. The molecule has 0 atom stereocenters. The predicted molar refractivity (Wildman–Crippen MR) is 89.8 cm³/mol. The van der Waals surface area contributed by atoms with Gasteiger partial charge in [0.15, 0.2) is 0 Å². The van der Waals surface area contributed by atoms with E-state index in [1.54, 1.807) is 0 Å². The third-order valence-electron chi connectivity index (χ3n) is 3.27. The molecule has 0 fully saturated rings. The molecule has 0 aromatic heterocycles. The highest BCUT2D eigenvalue weighted by molar-refractivity contribution is 9.11. The van der Waals surface area contributed by atoms with Crippen molar-refractivity contribution in [3.8, 4) is 0 Å². The molecule has 3 heteroatoms. The summed E-state index contributed by atoms with van der Waals surface area (Å²) in [6.45, 7) is 7.23. The number of anilines is 1. The first-order valence-corrected chi connectivity index (χ1v) is 7.82. The summed E-state index contributed by atoms with van der Waals surface area (Å²) in [6, 6.07) is 10.7. The Morgan fingerprint density at radius 3 is 2.00 bits per heavy atom. The molecule has 1 nitrogen and oxygen atoms in total. The van der Waals surface area contributed by atoms with E-state index in [1.165, 1.54) is 22.3 Å². The van der Waals surface area contributed by atoms with E-state index in [2.05, 4.69) is 88.3 Å². The zero-order valence-corrected chi connectivity index (χ0v) is 14.5. The third-order valence-corrected chi connectivity index (χ3v) is 4.52. The van der Waals surface area contributed by atoms with Crippen LogP contribution in [0.3, 0.4) is 0 Å². The van der Waals surface area contributed by atoms with Crippen LogP contribution in [-0.2, 0) is 6.54 Å². The standard InChI is InChI=1S/C16H17Br2N/c1-10-7-14(17)16(15(18)8-10)19-9-13-11(2)5-4-6-12(13)3/h4-8,19H,9H2,1-3H3. The molecule has 0 spiro atoms. The molecule has 0 saturated heterocycles. The topological polar surface area (TPSA) is 12.0 Å². The minimum Gasteiger partial charge on any atom is -0.379 e. The van der Waals surface area contributed by atoms with Crippen molar-refractivity contribution in [1.82, 2.24) is 0 Å². The molecule has 0 heterocycles. The largest absolute Gasteiger partial charge is 0.379 e. The molecule has 0 radical (unpaired) electrons. The minimum atomic E-state index is 0.832. The summed E-state index contributed by atoms with van der Waals surface area (Å²) in [4.78, 5) is 0. The van der Waals surface area contributed by atoms with Gasteiger partial charge in [0.1, 0.15) is 0 Å². The fourth-order valence-electron chi connectivity index (χ4n) is 2.17. The lowest BCUT2D eigenvalue weighted by Gasteiger charge is -2.15. The van der Waals surface area contributed by atoms with Gasteiger partial charge in [-0.1, -0.05) is 18.2 Å². The Kier molecular flexibility index (Phi) is 4.69. The van der Waals surface area contributed by atoms with Crippen LogP contribution < -0.4 is 5.32 Å². The van der Waals surface area contributed by atoms with Crippen LogP contribution >= 0.6 is 31.9 Å². The van der Waals surface area contributed by atoms with Crippen LogP contribution in [0.2, 0.25) is 0 Å². The van der Waals surface area contributed by atoms with Gasteiger partial charge in [-0.2, -0.15) is 0 Å². The molecule has 0 aliphatic rings. The summed E-state index contributed by atoms with van der Waals surface area (Å²) in [7, 11) is 0. The molecule has 2 rings (SSSR count). The number of benzene rings is 2. The highest BCUT2D eigenvalue weighted by Gasteiger charge is 2.07. The van der Waals surface area contributed by atoms with Gasteiger partial charge < -0.3 is 5.32 Å². The van der Waals surface area contributed by atoms with Crippen molar-refractivity contribution in [3.63, 3.8) is 0 Å². The second kappa shape index (κ2) is 6.10. The summed E-state index contributed by atoms with van der Waals surface area (Å²) >= 11 is 7.23. The van der Waals surface area contributed by atoms with Crippen molar-refractivity contribution in [2.75, 3.05) is 5.32 Å². The molecule has 0 amide bonds. The van der Waals surface area contributed by atoms with Crippen molar-refractivity contribution < 1.29 is 0 Å². The molecule has 0 aliphatic heterocycles. The van der Waals surface area contributed by atoms with Crippen LogP contribution in [-0.4, -0.2) is 0 Å². The quantitative estimate of drug-likeness (QED) is 0.712. The summed E-state index contributed by atoms with van der Waals surface area (Å²) in [5, 5.41) is 3.51. The number of halogens is 2. The monoisotopic (exact) mass is 381 g/mol. The summed E-state index contributed by atoms with van der Waals surface area (Å²) in [6.07, 6.45) is 0. The lowest BCUT2D eigenvalue weighted by atomic mass is 10.0. The summed E-state index contributed by atoms with van der Waals surface area (Å²) in [5.74, 6) is 0. The van der Waals surface area contributed by atoms with Gasteiger partial charge in [-0.15, -0.1) is 0 Å². The van der Waals surface area contributed by atoms with E-state index >= 15 is 0 Å². The molecule has 2 aromatic carbocycles. The van der Waals surface area contributed by atoms with E-state index < -0.39 is 0 Å². The Morgan fingerprint density at radius 1 is 0.947 bits per heavy atom. The molecule has 100 valence electrons. The number of hydrogen-bond acceptors (Lipinski definition) is 1. The van der Waals surface area contributed by atoms with Crippen molar-refractivity contribution in [3.05, 3.63) is 61.5 Å². The molecular weight excluding hydrogens is 366 g/mol. The molecular formula is C16H17Br2N. The Bertz CT molecular complexity index is 562. The van der Waals surface area contributed by atoms with Gasteiger partial charge in [0.2, 0.25) is 0 Å². The first kappa shape index (κ1) is 14.6. The SMILES string of the molecule is Cc1cc(Br)c(NCc2c(C)cccc2C)c(Br)c1. The fraction of sp³-hybridized carbons (Fsp3) is 0.250. The van der Waals surface area contributed by atoms with E-state index in [1.807, 2.05) is 0 Å². The van der Waals surface area contributed by atoms with Crippen LogP contribution in [0.4, 0.5) is 5.69 Å². The second-order valence-electron chi connectivity index (χ2n) is 4.83. The highest BCUT2D eigenvalue weighted by Crippen LogP contribution is 2.33. The molecule has 0 aliphatic carbocycles. The first-order valence-electron chi connectivity index (χ1n) is 6.23. The van der Waals surface area contributed by atoms with Gasteiger partial charge in [-0.05, 0) is 87.0 Å². The van der Waals surface area contributed by atoms with Crippen molar-refractivity contribution >= 4 is 37.5 Å². The first-order chi connectivity index (χ1) is 8.99. The van der Waals surface area contributed by atoms with Crippen LogP contribution in [0, 0.1) is 20.8 Å². The van der Waals surface area contributed by atoms with E-state index in [4.69, 9.17) is 0 Å². The zero-order valence-electron chi connectivity index (χ0n) is 11.3. The Labute approximate surface area is 131 Å². The fourth-order valence-corrected chi connectivity index (χ4v) is 3.87. The highest BCUT2D eigenvalue weighted by atomic mass is 79.9. The average molecular weight is 383 g/mol. The molecule has 0 bridgehead atoms. The zero-order chi connectivity index (χ0) is 14.0. The second-order valence-corrected chi connectivity index (χ2v) is 6.54. The van der Waals surface area contributed by atoms with Crippen molar-refractivity contribution in [2.45, 2.75) is 27.3 Å². The third kappa shape index (κ3) is 3.40. The van der Waals surface area contributed by atoms with E-state index in [9.17, 15) is 0 Å². The predicted octanol–water partition coefficient (Wildman–Crippen LogP) is 5.75. The maximum Gasteiger partial charge on any atom is 0.0631 e. The number of rotatable bonds is 3. The smallest absolute Gasteiger partial charge is 0.0631 e. The van der Waals surface area contributed by atoms with Crippen molar-refractivity contribution in [2.24, 2.45) is 0 Å². The van der Waals surface area contributed by atoms with Gasteiger partial charge in [0.05, 0.1) is 5.69 Å². The van der Waals surface area contributed by atoms with Gasteiger partial charge in [0.25, 0.3) is 0 Å². The Balaban J connectivity index is 2.24. The van der Waals surface area contributed by atoms with Gasteiger partial charge in [-0.3, -0.25) is 0 Å².